The van der Waals surface area contributed by atoms with Gasteiger partial charge >= 0.3 is 0 Å². The number of hydrogen-bond donors (Lipinski definition) is 0. The van der Waals surface area contributed by atoms with Gasteiger partial charge in [-0.25, -0.2) is 0 Å². The molecular weight excluding hydrogens is 280 g/mol. The summed E-state index contributed by atoms with van der Waals surface area (Å²) in [5.41, 5.74) is 0.958. The van der Waals surface area contributed by atoms with Gasteiger partial charge in [-0.1, -0.05) is 18.2 Å². The molecule has 1 aliphatic heterocycles. The minimum atomic E-state index is -0.152. The Morgan fingerprint density at radius 3 is 2.77 bits per heavy atom. The summed E-state index contributed by atoms with van der Waals surface area (Å²) >= 11 is 0. The highest BCUT2D eigenvalue weighted by atomic mass is 16.4. The number of amides is 1. The lowest BCUT2D eigenvalue weighted by molar-refractivity contribution is -0.125. The van der Waals surface area contributed by atoms with Gasteiger partial charge in [0, 0.05) is 19.2 Å². The molecule has 1 amide bonds. The van der Waals surface area contributed by atoms with Crippen LogP contribution in [0.1, 0.15) is 24.6 Å². The van der Waals surface area contributed by atoms with Crippen LogP contribution in [0.2, 0.25) is 0 Å². The molecule has 2 aromatic rings. The minimum Gasteiger partial charge on any atom is -0.424 e. The lowest BCUT2D eigenvalue weighted by Crippen LogP contribution is -2.51. The van der Waals surface area contributed by atoms with E-state index in [0.717, 1.165) is 25.1 Å². The van der Waals surface area contributed by atoms with Crippen molar-refractivity contribution in [3.63, 3.8) is 0 Å². The van der Waals surface area contributed by atoms with Crippen molar-refractivity contribution in [1.82, 2.24) is 15.1 Å². The Bertz CT molecular complexity index is 641. The van der Waals surface area contributed by atoms with Crippen molar-refractivity contribution in [2.75, 3.05) is 18.5 Å². The summed E-state index contributed by atoms with van der Waals surface area (Å²) in [7, 11) is 1.93. The normalized spacial score (nSPS) is 19.0. The van der Waals surface area contributed by atoms with E-state index >= 15 is 0 Å². The van der Waals surface area contributed by atoms with Crippen LogP contribution >= 0.6 is 0 Å². The fourth-order valence-electron chi connectivity index (χ4n) is 2.85. The number of anilines is 1. The second-order valence-electron chi connectivity index (χ2n) is 5.61. The summed E-state index contributed by atoms with van der Waals surface area (Å²) in [5.74, 6) is 1.23. The first-order valence-corrected chi connectivity index (χ1v) is 7.51. The molecule has 1 aromatic heterocycles. The van der Waals surface area contributed by atoms with Gasteiger partial charge in [0.2, 0.25) is 17.7 Å². The first-order chi connectivity index (χ1) is 10.6. The minimum absolute atomic E-state index is 0.135. The maximum atomic E-state index is 12.8. The summed E-state index contributed by atoms with van der Waals surface area (Å²) in [6.45, 7) is 3.02. The van der Waals surface area contributed by atoms with Crippen LogP contribution in [0.4, 0.5) is 5.69 Å². The zero-order valence-corrected chi connectivity index (χ0v) is 12.9. The Morgan fingerprint density at radius 2 is 2.09 bits per heavy atom. The molecule has 2 heterocycles. The number of carbonyl (C=O) groups is 1. The van der Waals surface area contributed by atoms with Crippen molar-refractivity contribution in [2.24, 2.45) is 0 Å². The lowest BCUT2D eigenvalue weighted by atomic mass is 10.0. The molecule has 0 aliphatic carbocycles. The highest BCUT2D eigenvalue weighted by Crippen LogP contribution is 2.23. The second-order valence-corrected chi connectivity index (χ2v) is 5.61. The predicted octanol–water partition coefficient (Wildman–Crippen LogP) is 2.01. The molecule has 22 heavy (non-hydrogen) atoms. The van der Waals surface area contributed by atoms with Gasteiger partial charge in [-0.05, 0) is 32.0 Å². The first kappa shape index (κ1) is 14.7. The molecule has 1 saturated heterocycles. The molecule has 1 unspecified atom stereocenters. The fourth-order valence-corrected chi connectivity index (χ4v) is 2.85. The van der Waals surface area contributed by atoms with Gasteiger partial charge in [-0.2, -0.15) is 0 Å². The third kappa shape index (κ3) is 3.01. The quantitative estimate of drug-likeness (QED) is 0.864. The number of likely N-dealkylation sites (N-methyl/N-ethyl adjacent to an activating group) is 1. The lowest BCUT2D eigenvalue weighted by Gasteiger charge is -2.36. The van der Waals surface area contributed by atoms with E-state index in [4.69, 9.17) is 4.42 Å². The van der Waals surface area contributed by atoms with Crippen LogP contribution in [0, 0.1) is 6.92 Å². The third-order valence-electron chi connectivity index (χ3n) is 3.96. The van der Waals surface area contributed by atoms with E-state index in [9.17, 15) is 4.79 Å². The van der Waals surface area contributed by atoms with Gasteiger partial charge in [0.25, 0.3) is 0 Å². The summed E-state index contributed by atoms with van der Waals surface area (Å²) < 4.78 is 5.40. The van der Waals surface area contributed by atoms with Crippen LogP contribution in [0.15, 0.2) is 34.7 Å². The molecule has 0 bridgehead atoms. The Morgan fingerprint density at radius 1 is 1.32 bits per heavy atom. The smallest absolute Gasteiger partial charge is 0.244 e. The molecule has 0 N–H and O–H groups in total. The summed E-state index contributed by atoms with van der Waals surface area (Å²) in [5, 5.41) is 7.83. The Balaban J connectivity index is 1.72. The van der Waals surface area contributed by atoms with Crippen molar-refractivity contribution >= 4 is 11.6 Å². The number of rotatable bonds is 4. The maximum Gasteiger partial charge on any atom is 0.244 e. The summed E-state index contributed by atoms with van der Waals surface area (Å²) in [4.78, 5) is 16.6. The predicted molar refractivity (Wildman–Crippen MR) is 82.3 cm³/mol. The number of nitrogens with zero attached hydrogens (tertiary/aromatic N) is 4. The molecule has 1 fully saturated rings. The molecule has 0 radical (unpaired) electrons. The van der Waals surface area contributed by atoms with Gasteiger partial charge < -0.3 is 9.32 Å². The van der Waals surface area contributed by atoms with E-state index in [1.54, 1.807) is 6.92 Å². The van der Waals surface area contributed by atoms with Crippen LogP contribution in [-0.4, -0.2) is 40.6 Å². The average Bonchev–Trinajstić information content (AvgIpc) is 2.93. The van der Waals surface area contributed by atoms with E-state index in [1.807, 2.05) is 47.2 Å². The Labute approximate surface area is 129 Å². The maximum absolute atomic E-state index is 12.8. The SMILES string of the molecule is Cc1nnc(CN(C)C2CCCN(c3ccccc3)C2=O)o1. The van der Waals surface area contributed by atoms with Crippen molar-refractivity contribution in [1.29, 1.82) is 0 Å². The molecule has 116 valence electrons. The second kappa shape index (κ2) is 6.27. The number of piperidine rings is 1. The molecule has 1 aromatic carbocycles. The van der Waals surface area contributed by atoms with Crippen LogP contribution in [0.25, 0.3) is 0 Å². The molecule has 6 heteroatoms. The topological polar surface area (TPSA) is 62.5 Å². The van der Waals surface area contributed by atoms with Crippen LogP contribution in [0.5, 0.6) is 0 Å². The number of benzene rings is 1. The monoisotopic (exact) mass is 300 g/mol. The number of carbonyl (C=O) groups excluding carboxylic acids is 1. The molecule has 6 nitrogen and oxygen atoms in total. The van der Waals surface area contributed by atoms with Crippen molar-refractivity contribution in [3.8, 4) is 0 Å². The van der Waals surface area contributed by atoms with E-state index in [2.05, 4.69) is 10.2 Å². The largest absolute Gasteiger partial charge is 0.424 e. The zero-order chi connectivity index (χ0) is 15.5. The Hall–Kier alpha value is -2.21. The van der Waals surface area contributed by atoms with Gasteiger partial charge in [0.05, 0.1) is 12.6 Å². The summed E-state index contributed by atoms with van der Waals surface area (Å²) in [6, 6.07) is 9.66. The standard InChI is InChI=1S/C16H20N4O2/c1-12-17-18-15(22-12)11-19(2)14-9-6-10-20(16(14)21)13-7-4-3-5-8-13/h3-5,7-8,14H,6,9-11H2,1-2H3. The molecule has 0 spiro atoms. The highest BCUT2D eigenvalue weighted by molar-refractivity contribution is 5.97. The van der Waals surface area contributed by atoms with E-state index in [0.29, 0.717) is 18.3 Å². The number of hydrogen-bond acceptors (Lipinski definition) is 5. The molecule has 0 saturated carbocycles. The van der Waals surface area contributed by atoms with Gasteiger partial charge in [-0.3, -0.25) is 9.69 Å². The van der Waals surface area contributed by atoms with E-state index in [-0.39, 0.29) is 11.9 Å². The molecule has 1 aliphatic rings. The van der Waals surface area contributed by atoms with Crippen molar-refractivity contribution < 1.29 is 9.21 Å². The highest BCUT2D eigenvalue weighted by Gasteiger charge is 2.32. The summed E-state index contributed by atoms with van der Waals surface area (Å²) in [6.07, 6.45) is 1.84. The van der Waals surface area contributed by atoms with Crippen LogP contribution in [0.3, 0.4) is 0 Å². The van der Waals surface area contributed by atoms with Crippen LogP contribution < -0.4 is 4.90 Å². The van der Waals surface area contributed by atoms with Gasteiger partial charge in [0.1, 0.15) is 0 Å². The zero-order valence-electron chi connectivity index (χ0n) is 12.9. The molecule has 3 rings (SSSR count). The Kier molecular flexibility index (Phi) is 4.20. The van der Waals surface area contributed by atoms with Crippen molar-refractivity contribution in [2.45, 2.75) is 32.4 Å². The van der Waals surface area contributed by atoms with Crippen LogP contribution in [-0.2, 0) is 11.3 Å². The average molecular weight is 300 g/mol. The van der Waals surface area contributed by atoms with Gasteiger partial charge in [-0.15, -0.1) is 10.2 Å². The number of aromatic nitrogens is 2. The number of aryl methyl sites for hydroxylation is 1. The van der Waals surface area contributed by atoms with E-state index in [1.165, 1.54) is 0 Å². The van der Waals surface area contributed by atoms with Crippen molar-refractivity contribution in [3.05, 3.63) is 42.1 Å². The number of para-hydroxylation sites is 1. The third-order valence-corrected chi connectivity index (χ3v) is 3.96. The fraction of sp³-hybridized carbons (Fsp3) is 0.438. The molecule has 1 atom stereocenters. The molecular formula is C16H20N4O2. The van der Waals surface area contributed by atoms with Gasteiger partial charge in [0.15, 0.2) is 0 Å². The first-order valence-electron chi connectivity index (χ1n) is 7.51. The van der Waals surface area contributed by atoms with E-state index < -0.39 is 0 Å².